The monoisotopic (exact) mass is 318 g/mol. The molecule has 0 aliphatic heterocycles. The van der Waals surface area contributed by atoms with E-state index < -0.39 is 6.04 Å². The minimum absolute atomic E-state index is 0.150. The van der Waals surface area contributed by atoms with Crippen molar-refractivity contribution in [2.75, 3.05) is 7.05 Å². The summed E-state index contributed by atoms with van der Waals surface area (Å²) in [4.78, 5) is 26.2. The fraction of sp³-hybridized carbons (Fsp3) is 0.412. The van der Waals surface area contributed by atoms with Crippen LogP contribution in [0.15, 0.2) is 24.3 Å². The molecule has 1 aliphatic rings. The number of likely N-dealkylation sites (N-methyl/N-ethyl adjacent to an activating group) is 1. The highest BCUT2D eigenvalue weighted by Crippen LogP contribution is 2.26. The molecule has 2 amide bonds. The molecule has 1 atom stereocenters. The minimum atomic E-state index is -0.491. The van der Waals surface area contributed by atoms with E-state index >= 15 is 0 Å². The molecule has 1 unspecified atom stereocenters. The molecule has 0 spiro atoms. The van der Waals surface area contributed by atoms with Gasteiger partial charge in [-0.3, -0.25) is 9.59 Å². The fourth-order valence-electron chi connectivity index (χ4n) is 2.37. The zero-order valence-electron chi connectivity index (χ0n) is 13.2. The van der Waals surface area contributed by atoms with Crippen LogP contribution in [0.4, 0.5) is 0 Å². The van der Waals surface area contributed by atoms with E-state index in [2.05, 4.69) is 16.7 Å². The fourth-order valence-corrected chi connectivity index (χ4v) is 3.40. The van der Waals surface area contributed by atoms with Crippen molar-refractivity contribution in [2.45, 2.75) is 32.7 Å². The van der Waals surface area contributed by atoms with Crippen molar-refractivity contribution in [3.63, 3.8) is 0 Å². The maximum absolute atomic E-state index is 12.4. The van der Waals surface area contributed by atoms with Crippen LogP contribution >= 0.6 is 11.3 Å². The molecule has 1 aromatic heterocycles. The van der Waals surface area contributed by atoms with Crippen molar-refractivity contribution < 1.29 is 9.59 Å². The summed E-state index contributed by atoms with van der Waals surface area (Å²) in [5, 5.41) is 5.47. The summed E-state index contributed by atoms with van der Waals surface area (Å²) in [7, 11) is 1.59. The van der Waals surface area contributed by atoms with Crippen molar-refractivity contribution in [1.29, 1.82) is 0 Å². The molecule has 0 saturated carbocycles. The maximum atomic E-state index is 12.4. The average molecular weight is 318 g/mol. The first-order valence-electron chi connectivity index (χ1n) is 7.49. The second-order valence-corrected chi connectivity index (χ2v) is 6.89. The SMILES string of the molecule is CNC(=O)C(CC(C)C)NC(=O)c1cc2c(s1)CC=CC=C2. The van der Waals surface area contributed by atoms with Gasteiger partial charge in [-0.2, -0.15) is 0 Å². The van der Waals surface area contributed by atoms with E-state index in [0.717, 1.165) is 12.0 Å². The number of thiophene rings is 1. The summed E-state index contributed by atoms with van der Waals surface area (Å²) >= 11 is 1.49. The highest BCUT2D eigenvalue weighted by Gasteiger charge is 2.23. The molecule has 118 valence electrons. The Labute approximate surface area is 135 Å². The van der Waals surface area contributed by atoms with Crippen molar-refractivity contribution in [3.8, 4) is 0 Å². The summed E-state index contributed by atoms with van der Waals surface area (Å²) in [5.74, 6) is 0.00317. The molecule has 0 fully saturated rings. The summed E-state index contributed by atoms with van der Waals surface area (Å²) in [6, 6.07) is 1.41. The van der Waals surface area contributed by atoms with Crippen LogP contribution in [-0.2, 0) is 11.2 Å². The smallest absolute Gasteiger partial charge is 0.262 e. The van der Waals surface area contributed by atoms with Crippen LogP contribution in [0.3, 0.4) is 0 Å². The number of hydrogen-bond donors (Lipinski definition) is 2. The molecule has 1 aromatic rings. The van der Waals surface area contributed by atoms with Crippen LogP contribution in [0.5, 0.6) is 0 Å². The zero-order chi connectivity index (χ0) is 16.1. The first kappa shape index (κ1) is 16.5. The van der Waals surface area contributed by atoms with E-state index in [-0.39, 0.29) is 11.8 Å². The summed E-state index contributed by atoms with van der Waals surface area (Å²) in [6.45, 7) is 4.07. The lowest BCUT2D eigenvalue weighted by molar-refractivity contribution is -0.122. The van der Waals surface area contributed by atoms with Crippen LogP contribution in [0, 0.1) is 5.92 Å². The highest BCUT2D eigenvalue weighted by molar-refractivity contribution is 7.14. The number of hydrogen-bond acceptors (Lipinski definition) is 3. The van der Waals surface area contributed by atoms with Crippen LogP contribution < -0.4 is 10.6 Å². The lowest BCUT2D eigenvalue weighted by Gasteiger charge is -2.18. The predicted molar refractivity (Wildman–Crippen MR) is 91.0 cm³/mol. The van der Waals surface area contributed by atoms with Crippen molar-refractivity contribution in [1.82, 2.24) is 10.6 Å². The van der Waals surface area contributed by atoms with Gasteiger partial charge in [0.2, 0.25) is 5.91 Å². The van der Waals surface area contributed by atoms with Crippen molar-refractivity contribution in [3.05, 3.63) is 39.6 Å². The van der Waals surface area contributed by atoms with Gasteiger partial charge < -0.3 is 10.6 Å². The molecule has 0 aromatic carbocycles. The van der Waals surface area contributed by atoms with Gasteiger partial charge in [0.1, 0.15) is 6.04 Å². The molecule has 1 aliphatic carbocycles. The van der Waals surface area contributed by atoms with E-state index in [9.17, 15) is 9.59 Å². The third-order valence-electron chi connectivity index (χ3n) is 3.47. The molecule has 4 nitrogen and oxygen atoms in total. The Balaban J connectivity index is 2.12. The molecule has 5 heteroatoms. The lowest BCUT2D eigenvalue weighted by atomic mass is 10.0. The number of fused-ring (bicyclic) bond motifs is 1. The summed E-state index contributed by atoms with van der Waals surface area (Å²) in [6.07, 6.45) is 9.54. The van der Waals surface area contributed by atoms with E-state index in [4.69, 9.17) is 0 Å². The third kappa shape index (κ3) is 4.07. The Morgan fingerprint density at radius 3 is 2.77 bits per heavy atom. The molecule has 0 saturated heterocycles. The zero-order valence-corrected chi connectivity index (χ0v) is 14.0. The van der Waals surface area contributed by atoms with Gasteiger partial charge >= 0.3 is 0 Å². The van der Waals surface area contributed by atoms with Crippen molar-refractivity contribution >= 4 is 29.2 Å². The Morgan fingerprint density at radius 2 is 2.09 bits per heavy atom. The van der Waals surface area contributed by atoms with Gasteiger partial charge in [0.15, 0.2) is 0 Å². The second-order valence-electron chi connectivity index (χ2n) is 5.75. The lowest BCUT2D eigenvalue weighted by Crippen LogP contribution is -2.46. The first-order valence-corrected chi connectivity index (χ1v) is 8.31. The van der Waals surface area contributed by atoms with Gasteiger partial charge in [0.25, 0.3) is 5.91 Å². The largest absolute Gasteiger partial charge is 0.357 e. The minimum Gasteiger partial charge on any atom is -0.357 e. The predicted octanol–water partition coefficient (Wildman–Crippen LogP) is 2.76. The van der Waals surface area contributed by atoms with Crippen LogP contribution in [0.1, 0.15) is 40.4 Å². The molecular weight excluding hydrogens is 296 g/mol. The number of amides is 2. The normalized spacial score (nSPS) is 14.4. The third-order valence-corrected chi connectivity index (χ3v) is 4.64. The Hall–Kier alpha value is -1.88. The second kappa shape index (κ2) is 7.40. The molecule has 0 bridgehead atoms. The number of rotatable bonds is 5. The van der Waals surface area contributed by atoms with E-state index in [1.807, 2.05) is 38.1 Å². The van der Waals surface area contributed by atoms with Gasteiger partial charge in [-0.15, -0.1) is 11.3 Å². The van der Waals surface area contributed by atoms with Crippen LogP contribution in [-0.4, -0.2) is 24.9 Å². The average Bonchev–Trinajstić information content (AvgIpc) is 2.76. The van der Waals surface area contributed by atoms with Crippen LogP contribution in [0.2, 0.25) is 0 Å². The molecule has 22 heavy (non-hydrogen) atoms. The summed E-state index contributed by atoms with van der Waals surface area (Å²) in [5.41, 5.74) is 1.08. The molecule has 2 N–H and O–H groups in total. The highest BCUT2D eigenvalue weighted by atomic mass is 32.1. The van der Waals surface area contributed by atoms with Crippen LogP contribution in [0.25, 0.3) is 6.08 Å². The molecular formula is C17H22N2O2S. The molecule has 0 radical (unpaired) electrons. The standard InChI is InChI=1S/C17H22N2O2S/c1-11(2)9-13(16(20)18-3)19-17(21)15-10-12-7-5-4-6-8-14(12)22-15/h4-7,10-11,13H,8-9H2,1-3H3,(H,18,20)(H,19,21). The van der Waals surface area contributed by atoms with Gasteiger partial charge in [-0.05, 0) is 24.0 Å². The Morgan fingerprint density at radius 1 is 1.32 bits per heavy atom. The number of allylic oxidation sites excluding steroid dienone is 3. The van der Waals surface area contributed by atoms with E-state index in [1.54, 1.807) is 7.05 Å². The van der Waals surface area contributed by atoms with Gasteiger partial charge in [0.05, 0.1) is 4.88 Å². The number of nitrogens with one attached hydrogen (secondary N) is 2. The quantitative estimate of drug-likeness (QED) is 0.877. The summed E-state index contributed by atoms with van der Waals surface area (Å²) < 4.78 is 0. The van der Waals surface area contributed by atoms with Gasteiger partial charge in [0, 0.05) is 18.3 Å². The Kier molecular flexibility index (Phi) is 5.55. The first-order chi connectivity index (χ1) is 10.5. The van der Waals surface area contributed by atoms with Crippen molar-refractivity contribution in [2.24, 2.45) is 5.92 Å². The van der Waals surface area contributed by atoms with Gasteiger partial charge in [-0.25, -0.2) is 0 Å². The Bertz CT molecular complexity index is 614. The number of carbonyl (C=O) groups excluding carboxylic acids is 2. The van der Waals surface area contributed by atoms with E-state index in [0.29, 0.717) is 17.2 Å². The van der Waals surface area contributed by atoms with Gasteiger partial charge in [-0.1, -0.05) is 38.2 Å². The van der Waals surface area contributed by atoms with E-state index in [1.165, 1.54) is 16.2 Å². The molecule has 2 rings (SSSR count). The number of carbonyl (C=O) groups is 2. The molecule has 1 heterocycles. The maximum Gasteiger partial charge on any atom is 0.262 e. The topological polar surface area (TPSA) is 58.2 Å².